The zero-order valence-corrected chi connectivity index (χ0v) is 11.7. The highest BCUT2D eigenvalue weighted by Gasteiger charge is 2.09. The Morgan fingerprint density at radius 1 is 1.15 bits per heavy atom. The Morgan fingerprint density at radius 3 is 2.35 bits per heavy atom. The van der Waals surface area contributed by atoms with Crippen LogP contribution < -0.4 is 9.64 Å². The van der Waals surface area contributed by atoms with Gasteiger partial charge in [-0.15, -0.1) is 0 Å². The molecule has 0 aromatic heterocycles. The SMILES string of the molecule is COc1ccc(F)cc1-c1ccc(N(C)C(C)=O)cc1. The van der Waals surface area contributed by atoms with Gasteiger partial charge in [-0.1, -0.05) is 12.1 Å². The van der Waals surface area contributed by atoms with E-state index in [4.69, 9.17) is 4.74 Å². The number of carbonyl (C=O) groups excluding carboxylic acids is 1. The van der Waals surface area contributed by atoms with Crippen molar-refractivity contribution < 1.29 is 13.9 Å². The summed E-state index contributed by atoms with van der Waals surface area (Å²) >= 11 is 0. The van der Waals surface area contributed by atoms with Gasteiger partial charge < -0.3 is 9.64 Å². The third-order valence-electron chi connectivity index (χ3n) is 3.20. The molecule has 104 valence electrons. The van der Waals surface area contributed by atoms with Gasteiger partial charge in [0.15, 0.2) is 0 Å². The van der Waals surface area contributed by atoms with E-state index in [1.807, 2.05) is 24.3 Å². The predicted octanol–water partition coefficient (Wildman–Crippen LogP) is 3.48. The maximum Gasteiger partial charge on any atom is 0.223 e. The molecule has 4 heteroatoms. The van der Waals surface area contributed by atoms with Crippen LogP contribution in [-0.2, 0) is 4.79 Å². The van der Waals surface area contributed by atoms with Gasteiger partial charge in [-0.2, -0.15) is 0 Å². The van der Waals surface area contributed by atoms with Crippen molar-refractivity contribution in [2.75, 3.05) is 19.1 Å². The highest BCUT2D eigenvalue weighted by atomic mass is 19.1. The number of carbonyl (C=O) groups is 1. The summed E-state index contributed by atoms with van der Waals surface area (Å²) in [5.41, 5.74) is 2.31. The summed E-state index contributed by atoms with van der Waals surface area (Å²) < 4.78 is 18.6. The highest BCUT2D eigenvalue weighted by Crippen LogP contribution is 2.31. The number of amides is 1. The second kappa shape index (κ2) is 5.74. The number of anilines is 1. The van der Waals surface area contributed by atoms with Gasteiger partial charge in [0.25, 0.3) is 0 Å². The van der Waals surface area contributed by atoms with Crippen molar-refractivity contribution in [3.05, 3.63) is 48.3 Å². The van der Waals surface area contributed by atoms with E-state index in [9.17, 15) is 9.18 Å². The second-order valence-electron chi connectivity index (χ2n) is 4.47. The first-order valence-corrected chi connectivity index (χ1v) is 6.21. The van der Waals surface area contributed by atoms with Crippen molar-refractivity contribution >= 4 is 11.6 Å². The van der Waals surface area contributed by atoms with Crippen LogP contribution in [0.15, 0.2) is 42.5 Å². The lowest BCUT2D eigenvalue weighted by atomic mass is 10.0. The lowest BCUT2D eigenvalue weighted by Crippen LogP contribution is -2.22. The van der Waals surface area contributed by atoms with E-state index in [0.29, 0.717) is 11.3 Å². The normalized spacial score (nSPS) is 10.2. The minimum atomic E-state index is -0.314. The molecule has 0 bridgehead atoms. The molecule has 0 aliphatic rings. The third kappa shape index (κ3) is 2.79. The predicted molar refractivity (Wildman–Crippen MR) is 77.5 cm³/mol. The summed E-state index contributed by atoms with van der Waals surface area (Å²) in [6.45, 7) is 1.50. The van der Waals surface area contributed by atoms with Gasteiger partial charge in [0.2, 0.25) is 5.91 Å². The largest absolute Gasteiger partial charge is 0.496 e. The molecule has 1 amide bonds. The van der Waals surface area contributed by atoms with E-state index in [1.54, 1.807) is 25.1 Å². The number of ether oxygens (including phenoxy) is 1. The van der Waals surface area contributed by atoms with Crippen LogP contribution in [0.1, 0.15) is 6.92 Å². The molecule has 0 unspecified atom stereocenters. The van der Waals surface area contributed by atoms with Gasteiger partial charge in [0.1, 0.15) is 11.6 Å². The first kappa shape index (κ1) is 14.1. The fourth-order valence-electron chi connectivity index (χ4n) is 1.95. The van der Waals surface area contributed by atoms with Crippen LogP contribution in [-0.4, -0.2) is 20.1 Å². The first-order chi connectivity index (χ1) is 9.52. The number of halogens is 1. The van der Waals surface area contributed by atoms with E-state index in [2.05, 4.69) is 0 Å². The summed E-state index contributed by atoms with van der Waals surface area (Å²) in [5.74, 6) is 0.255. The lowest BCUT2D eigenvalue weighted by Gasteiger charge is -2.15. The van der Waals surface area contributed by atoms with Gasteiger partial charge in [-0.25, -0.2) is 4.39 Å². The van der Waals surface area contributed by atoms with E-state index >= 15 is 0 Å². The molecule has 0 saturated heterocycles. The molecule has 0 spiro atoms. The van der Waals surface area contributed by atoms with Crippen molar-refractivity contribution in [3.63, 3.8) is 0 Å². The van der Waals surface area contributed by atoms with Crippen molar-refractivity contribution in [3.8, 4) is 16.9 Å². The number of hydrogen-bond acceptors (Lipinski definition) is 2. The Balaban J connectivity index is 2.40. The first-order valence-electron chi connectivity index (χ1n) is 6.21. The Kier molecular flexibility index (Phi) is 4.03. The maximum atomic E-state index is 13.4. The minimum Gasteiger partial charge on any atom is -0.496 e. The zero-order chi connectivity index (χ0) is 14.7. The van der Waals surface area contributed by atoms with Gasteiger partial charge >= 0.3 is 0 Å². The van der Waals surface area contributed by atoms with Crippen LogP contribution >= 0.6 is 0 Å². The van der Waals surface area contributed by atoms with Crippen LogP contribution in [0, 0.1) is 5.82 Å². The van der Waals surface area contributed by atoms with Crippen LogP contribution in [0.5, 0.6) is 5.75 Å². The minimum absolute atomic E-state index is 0.0407. The molecule has 0 atom stereocenters. The van der Waals surface area contributed by atoms with Crippen LogP contribution in [0.2, 0.25) is 0 Å². The molecule has 2 aromatic rings. The number of rotatable bonds is 3. The third-order valence-corrected chi connectivity index (χ3v) is 3.20. The summed E-state index contributed by atoms with van der Waals surface area (Å²) in [7, 11) is 3.26. The Hall–Kier alpha value is -2.36. The van der Waals surface area contributed by atoms with E-state index in [0.717, 1.165) is 11.3 Å². The summed E-state index contributed by atoms with van der Waals surface area (Å²) in [4.78, 5) is 12.8. The fourth-order valence-corrected chi connectivity index (χ4v) is 1.95. The summed E-state index contributed by atoms with van der Waals surface area (Å²) in [6, 6.07) is 11.7. The van der Waals surface area contributed by atoms with Crippen molar-refractivity contribution in [2.45, 2.75) is 6.92 Å². The summed E-state index contributed by atoms with van der Waals surface area (Å²) in [6.07, 6.45) is 0. The fraction of sp³-hybridized carbons (Fsp3) is 0.188. The molecule has 20 heavy (non-hydrogen) atoms. The molecule has 3 nitrogen and oxygen atoms in total. The molecular formula is C16H16FNO2. The van der Waals surface area contributed by atoms with Gasteiger partial charge in [-0.05, 0) is 35.9 Å². The molecule has 2 aromatic carbocycles. The lowest BCUT2D eigenvalue weighted by molar-refractivity contribution is -0.116. The number of benzene rings is 2. The highest BCUT2D eigenvalue weighted by molar-refractivity contribution is 5.91. The van der Waals surface area contributed by atoms with Crippen molar-refractivity contribution in [1.29, 1.82) is 0 Å². The topological polar surface area (TPSA) is 29.5 Å². The monoisotopic (exact) mass is 273 g/mol. The van der Waals surface area contributed by atoms with Gasteiger partial charge in [-0.3, -0.25) is 4.79 Å². The van der Waals surface area contributed by atoms with Crippen LogP contribution in [0.4, 0.5) is 10.1 Å². The van der Waals surface area contributed by atoms with E-state index in [-0.39, 0.29) is 11.7 Å². The Bertz CT molecular complexity index is 623. The van der Waals surface area contributed by atoms with Gasteiger partial charge in [0.05, 0.1) is 7.11 Å². The van der Waals surface area contributed by atoms with E-state index in [1.165, 1.54) is 19.1 Å². The van der Waals surface area contributed by atoms with Crippen molar-refractivity contribution in [1.82, 2.24) is 0 Å². The molecule has 0 saturated carbocycles. The average Bonchev–Trinajstić information content (AvgIpc) is 2.46. The molecule has 2 rings (SSSR count). The molecule has 0 aliphatic carbocycles. The standard InChI is InChI=1S/C16H16FNO2/c1-11(19)18(2)14-7-4-12(5-8-14)15-10-13(17)6-9-16(15)20-3/h4-10H,1-3H3. The second-order valence-corrected chi connectivity index (χ2v) is 4.47. The molecular weight excluding hydrogens is 257 g/mol. The Morgan fingerprint density at radius 2 is 1.80 bits per heavy atom. The molecule has 0 radical (unpaired) electrons. The van der Waals surface area contributed by atoms with E-state index < -0.39 is 0 Å². The van der Waals surface area contributed by atoms with Crippen LogP contribution in [0.25, 0.3) is 11.1 Å². The van der Waals surface area contributed by atoms with Gasteiger partial charge in [0, 0.05) is 25.2 Å². The quantitative estimate of drug-likeness (QED) is 0.856. The number of nitrogens with zero attached hydrogens (tertiary/aromatic N) is 1. The molecule has 0 N–H and O–H groups in total. The molecule has 0 aliphatic heterocycles. The molecule has 0 heterocycles. The maximum absolute atomic E-state index is 13.4. The average molecular weight is 273 g/mol. The zero-order valence-electron chi connectivity index (χ0n) is 11.7. The molecule has 0 fully saturated rings. The Labute approximate surface area is 117 Å². The smallest absolute Gasteiger partial charge is 0.223 e. The van der Waals surface area contributed by atoms with Crippen LogP contribution in [0.3, 0.4) is 0 Å². The number of hydrogen-bond donors (Lipinski definition) is 0. The van der Waals surface area contributed by atoms with Crippen molar-refractivity contribution in [2.24, 2.45) is 0 Å². The number of methoxy groups -OCH3 is 1. The summed E-state index contributed by atoms with van der Waals surface area (Å²) in [5, 5.41) is 0.